The van der Waals surface area contributed by atoms with Crippen molar-refractivity contribution in [2.75, 3.05) is 19.7 Å². The average molecular weight is 295 g/mol. The van der Waals surface area contributed by atoms with Gasteiger partial charge in [0, 0.05) is 23.7 Å². The molecule has 2 fully saturated rings. The van der Waals surface area contributed by atoms with E-state index in [4.69, 9.17) is 16.3 Å². The number of nitrogens with one attached hydrogen (secondary N) is 1. The Balaban J connectivity index is 1.72. The lowest BCUT2D eigenvalue weighted by atomic mass is 9.99. The molecule has 2 aliphatic rings. The van der Waals surface area contributed by atoms with Crippen LogP contribution < -0.4 is 5.32 Å². The number of hydrogen-bond donors (Lipinski definition) is 1. The maximum atomic E-state index is 12.4. The fourth-order valence-electron chi connectivity index (χ4n) is 2.69. The minimum atomic E-state index is -0.122. The van der Waals surface area contributed by atoms with Crippen LogP contribution in [0.3, 0.4) is 0 Å². The lowest BCUT2D eigenvalue weighted by Gasteiger charge is -2.41. The van der Waals surface area contributed by atoms with Gasteiger partial charge in [0.15, 0.2) is 0 Å². The molecule has 6 heteroatoms. The van der Waals surface area contributed by atoms with E-state index in [1.807, 2.05) is 0 Å². The summed E-state index contributed by atoms with van der Waals surface area (Å²) in [6, 6.07) is 6.78. The number of fused-ring (bicyclic) bond motifs is 1. The number of benzene rings is 1. The predicted octanol–water partition coefficient (Wildman–Crippen LogP) is 1.07. The van der Waals surface area contributed by atoms with Crippen molar-refractivity contribution < 1.29 is 14.3 Å². The molecule has 1 aromatic rings. The van der Waals surface area contributed by atoms with Gasteiger partial charge in [-0.2, -0.15) is 0 Å². The first kappa shape index (κ1) is 13.4. The number of halogens is 1. The number of amides is 2. The second kappa shape index (κ2) is 5.42. The Kier molecular flexibility index (Phi) is 3.63. The summed E-state index contributed by atoms with van der Waals surface area (Å²) in [6.45, 7) is 1.22. The molecule has 2 aliphatic heterocycles. The molecule has 0 unspecified atom stereocenters. The van der Waals surface area contributed by atoms with E-state index in [1.54, 1.807) is 29.2 Å². The molecule has 1 aromatic carbocycles. The molecule has 2 amide bonds. The van der Waals surface area contributed by atoms with Gasteiger partial charge in [0.25, 0.3) is 5.91 Å². The molecule has 2 heterocycles. The quantitative estimate of drug-likeness (QED) is 0.843. The Morgan fingerprint density at radius 1 is 1.45 bits per heavy atom. The van der Waals surface area contributed by atoms with Gasteiger partial charge in [0.1, 0.15) is 6.61 Å². The van der Waals surface area contributed by atoms with Gasteiger partial charge < -0.3 is 15.0 Å². The number of carbonyl (C=O) groups excluding carboxylic acids is 2. The van der Waals surface area contributed by atoms with E-state index in [0.29, 0.717) is 23.7 Å². The molecule has 0 saturated carbocycles. The molecule has 2 atom stereocenters. The molecule has 3 rings (SSSR count). The first-order valence-corrected chi connectivity index (χ1v) is 6.97. The molecule has 0 radical (unpaired) electrons. The Hall–Kier alpha value is -1.59. The van der Waals surface area contributed by atoms with Crippen molar-refractivity contribution in [3.8, 4) is 0 Å². The smallest absolute Gasteiger partial charge is 0.253 e. The average Bonchev–Trinajstić information content (AvgIpc) is 2.45. The van der Waals surface area contributed by atoms with Gasteiger partial charge in [-0.15, -0.1) is 0 Å². The van der Waals surface area contributed by atoms with Crippen LogP contribution in [0.25, 0.3) is 0 Å². The van der Waals surface area contributed by atoms with Gasteiger partial charge in [-0.25, -0.2) is 0 Å². The molecular weight excluding hydrogens is 280 g/mol. The number of carbonyl (C=O) groups is 2. The summed E-state index contributed by atoms with van der Waals surface area (Å²) in [5.41, 5.74) is 0.569. The summed E-state index contributed by atoms with van der Waals surface area (Å²) in [6.07, 6.45) is 0.744. The minimum Gasteiger partial charge on any atom is -0.366 e. The first-order valence-electron chi connectivity index (χ1n) is 6.59. The summed E-state index contributed by atoms with van der Waals surface area (Å²) in [5, 5.41) is 3.42. The van der Waals surface area contributed by atoms with E-state index in [2.05, 4.69) is 5.32 Å². The third-order valence-corrected chi connectivity index (χ3v) is 3.92. The van der Waals surface area contributed by atoms with Crippen LogP contribution in [0.15, 0.2) is 24.3 Å². The zero-order chi connectivity index (χ0) is 14.1. The van der Waals surface area contributed by atoms with Gasteiger partial charge in [0.05, 0.1) is 12.1 Å². The highest BCUT2D eigenvalue weighted by molar-refractivity contribution is 6.30. The number of morpholine rings is 1. The van der Waals surface area contributed by atoms with Crippen LogP contribution in [0, 0.1) is 0 Å². The predicted molar refractivity (Wildman–Crippen MR) is 73.6 cm³/mol. The molecule has 0 aromatic heterocycles. The molecule has 20 heavy (non-hydrogen) atoms. The van der Waals surface area contributed by atoms with Crippen molar-refractivity contribution in [2.24, 2.45) is 0 Å². The van der Waals surface area contributed by atoms with Gasteiger partial charge in [-0.3, -0.25) is 9.59 Å². The normalized spacial score (nSPS) is 25.9. The largest absolute Gasteiger partial charge is 0.366 e. The first-order chi connectivity index (χ1) is 9.63. The van der Waals surface area contributed by atoms with Crippen LogP contribution in [0.5, 0.6) is 0 Å². The standard InChI is InChI=1S/C14H15ClN2O3/c15-10-3-1-2-9(6-10)14(19)17-5-4-12-11(7-17)16-13(18)8-20-12/h1-3,6,11-12H,4-5,7-8H2,(H,16,18)/t11-,12-/m0/s1. The summed E-state index contributed by atoms with van der Waals surface area (Å²) >= 11 is 5.91. The minimum absolute atomic E-state index is 0.0103. The number of likely N-dealkylation sites (tertiary alicyclic amines) is 1. The van der Waals surface area contributed by atoms with Crippen molar-refractivity contribution in [1.29, 1.82) is 0 Å². The third-order valence-electron chi connectivity index (χ3n) is 3.68. The van der Waals surface area contributed by atoms with E-state index >= 15 is 0 Å². The van der Waals surface area contributed by atoms with E-state index in [9.17, 15) is 9.59 Å². The summed E-state index contributed by atoms with van der Waals surface area (Å²) in [7, 11) is 0. The fourth-order valence-corrected chi connectivity index (χ4v) is 2.88. The molecule has 0 bridgehead atoms. The molecule has 2 saturated heterocycles. The number of rotatable bonds is 1. The van der Waals surface area contributed by atoms with E-state index in [-0.39, 0.29) is 30.6 Å². The van der Waals surface area contributed by atoms with Gasteiger partial charge in [-0.05, 0) is 24.6 Å². The van der Waals surface area contributed by atoms with E-state index in [0.717, 1.165) is 6.42 Å². The number of hydrogen-bond acceptors (Lipinski definition) is 3. The third kappa shape index (κ3) is 2.64. The molecule has 1 N–H and O–H groups in total. The highest BCUT2D eigenvalue weighted by atomic mass is 35.5. The SMILES string of the molecule is O=C1CO[C@H]2CCN(C(=O)c3cccc(Cl)c3)C[C@@H]2N1. The number of ether oxygens (including phenoxy) is 1. The van der Waals surface area contributed by atoms with Crippen LogP contribution in [0.2, 0.25) is 5.02 Å². The number of piperidine rings is 1. The van der Waals surface area contributed by atoms with Gasteiger partial charge in [0.2, 0.25) is 5.91 Å². The lowest BCUT2D eigenvalue weighted by molar-refractivity contribution is -0.139. The van der Waals surface area contributed by atoms with Crippen LogP contribution in [0.1, 0.15) is 16.8 Å². The van der Waals surface area contributed by atoms with Crippen LogP contribution in [-0.2, 0) is 9.53 Å². The highest BCUT2D eigenvalue weighted by Crippen LogP contribution is 2.20. The lowest BCUT2D eigenvalue weighted by Crippen LogP contribution is -2.61. The Bertz CT molecular complexity index is 549. The van der Waals surface area contributed by atoms with Gasteiger partial charge >= 0.3 is 0 Å². The molecule has 0 spiro atoms. The number of nitrogens with zero attached hydrogens (tertiary/aromatic N) is 1. The van der Waals surface area contributed by atoms with Crippen LogP contribution in [0.4, 0.5) is 0 Å². The van der Waals surface area contributed by atoms with Crippen molar-refractivity contribution in [3.63, 3.8) is 0 Å². The van der Waals surface area contributed by atoms with E-state index < -0.39 is 0 Å². The zero-order valence-electron chi connectivity index (χ0n) is 10.8. The molecule has 0 aliphatic carbocycles. The maximum Gasteiger partial charge on any atom is 0.253 e. The van der Waals surface area contributed by atoms with Crippen molar-refractivity contribution in [2.45, 2.75) is 18.6 Å². The fraction of sp³-hybridized carbons (Fsp3) is 0.429. The molecule has 106 valence electrons. The second-order valence-electron chi connectivity index (χ2n) is 5.07. The maximum absolute atomic E-state index is 12.4. The Morgan fingerprint density at radius 2 is 2.30 bits per heavy atom. The highest BCUT2D eigenvalue weighted by Gasteiger charge is 2.36. The van der Waals surface area contributed by atoms with Crippen molar-refractivity contribution in [3.05, 3.63) is 34.9 Å². The van der Waals surface area contributed by atoms with Crippen molar-refractivity contribution >= 4 is 23.4 Å². The van der Waals surface area contributed by atoms with E-state index in [1.165, 1.54) is 0 Å². The Morgan fingerprint density at radius 3 is 3.10 bits per heavy atom. The topological polar surface area (TPSA) is 58.6 Å². The molecule has 5 nitrogen and oxygen atoms in total. The summed E-state index contributed by atoms with van der Waals surface area (Å²) in [5.74, 6) is -0.186. The summed E-state index contributed by atoms with van der Waals surface area (Å²) < 4.78 is 5.48. The van der Waals surface area contributed by atoms with Crippen LogP contribution >= 0.6 is 11.6 Å². The monoisotopic (exact) mass is 294 g/mol. The summed E-state index contributed by atoms with van der Waals surface area (Å²) in [4.78, 5) is 25.5. The van der Waals surface area contributed by atoms with Crippen molar-refractivity contribution in [1.82, 2.24) is 10.2 Å². The van der Waals surface area contributed by atoms with Gasteiger partial charge in [-0.1, -0.05) is 17.7 Å². The second-order valence-corrected chi connectivity index (χ2v) is 5.51. The Labute approximate surface area is 121 Å². The molecular formula is C14H15ClN2O3. The van der Waals surface area contributed by atoms with Crippen LogP contribution in [-0.4, -0.2) is 48.6 Å². The zero-order valence-corrected chi connectivity index (χ0v) is 11.6.